The van der Waals surface area contributed by atoms with Crippen LogP contribution in [-0.2, 0) is 12.0 Å². The Morgan fingerprint density at radius 3 is 2.44 bits per heavy atom. The minimum absolute atomic E-state index is 0.142. The number of fused-ring (bicyclic) bond motifs is 2. The van der Waals surface area contributed by atoms with Gasteiger partial charge in [0.15, 0.2) is 11.4 Å². The Hall–Kier alpha value is -3.63. The van der Waals surface area contributed by atoms with E-state index < -0.39 is 36.0 Å². The predicted molar refractivity (Wildman–Crippen MR) is 152 cm³/mol. The van der Waals surface area contributed by atoms with Gasteiger partial charge in [-0.2, -0.15) is 13.2 Å². The zero-order valence-corrected chi connectivity index (χ0v) is 23.5. The van der Waals surface area contributed by atoms with E-state index in [-0.39, 0.29) is 34.9 Å². The number of aliphatic imine (C=N–C) groups is 1. The number of rotatable bonds is 7. The number of benzene rings is 3. The Bertz CT molecular complexity index is 1690. The molecule has 1 atom stereocenters. The van der Waals surface area contributed by atoms with Crippen LogP contribution in [0.3, 0.4) is 0 Å². The molecule has 0 spiro atoms. The van der Waals surface area contributed by atoms with E-state index in [9.17, 15) is 27.5 Å². The number of hydrogen-bond donors (Lipinski definition) is 2. The number of carbonyl (C=O) groups is 1. The first-order valence-electron chi connectivity index (χ1n) is 12.9. The van der Waals surface area contributed by atoms with E-state index in [2.05, 4.69) is 17.6 Å². The summed E-state index contributed by atoms with van der Waals surface area (Å²) in [6.07, 6.45) is -6.04. The number of alkyl halides is 3. The molecule has 0 aliphatic carbocycles. The average molecular weight is 585 g/mol. The third kappa shape index (κ3) is 5.15. The molecule has 5 nitrogen and oxygen atoms in total. The van der Waals surface area contributed by atoms with Crippen molar-refractivity contribution in [3.05, 3.63) is 89.4 Å². The van der Waals surface area contributed by atoms with E-state index in [0.717, 1.165) is 12.1 Å². The molecule has 4 aromatic rings. The SMILES string of the molecule is COc1ccc(F)cc1C(C)(C)CC(O)(Cn1c(C2=Nc3ccccc3C(=O)C2)c(S)c2ccccc21)C(F)(F)F. The molecule has 10 heteroatoms. The third-order valence-electron chi connectivity index (χ3n) is 7.58. The van der Waals surface area contributed by atoms with Crippen LogP contribution in [0.5, 0.6) is 5.75 Å². The van der Waals surface area contributed by atoms with E-state index in [1.54, 1.807) is 48.5 Å². The van der Waals surface area contributed by atoms with Gasteiger partial charge in [-0.15, -0.1) is 12.6 Å². The second-order valence-electron chi connectivity index (χ2n) is 10.9. The first kappa shape index (κ1) is 28.9. The highest BCUT2D eigenvalue weighted by molar-refractivity contribution is 7.80. The van der Waals surface area contributed by atoms with Crippen LogP contribution in [0.15, 0.2) is 76.6 Å². The molecule has 0 fully saturated rings. The Labute approximate surface area is 239 Å². The number of aromatic nitrogens is 1. The number of ketones is 1. The van der Waals surface area contributed by atoms with Crippen molar-refractivity contribution in [1.82, 2.24) is 4.57 Å². The van der Waals surface area contributed by atoms with Crippen LogP contribution in [0.1, 0.15) is 48.3 Å². The molecule has 0 radical (unpaired) electrons. The zero-order chi connectivity index (χ0) is 29.7. The molecule has 0 bridgehead atoms. The van der Waals surface area contributed by atoms with Gasteiger partial charge >= 0.3 is 6.18 Å². The topological polar surface area (TPSA) is 63.8 Å². The van der Waals surface area contributed by atoms with Crippen molar-refractivity contribution in [2.75, 3.05) is 7.11 Å². The second kappa shape index (κ2) is 10.3. The fourth-order valence-corrected chi connectivity index (χ4v) is 6.10. The van der Waals surface area contributed by atoms with Crippen molar-refractivity contribution in [2.24, 2.45) is 4.99 Å². The highest BCUT2D eigenvalue weighted by Crippen LogP contribution is 2.46. The summed E-state index contributed by atoms with van der Waals surface area (Å²) < 4.78 is 65.5. The summed E-state index contributed by atoms with van der Waals surface area (Å²) in [7, 11) is 1.35. The maximum absolute atomic E-state index is 14.9. The molecule has 0 saturated heterocycles. The lowest BCUT2D eigenvalue weighted by atomic mass is 9.74. The summed E-state index contributed by atoms with van der Waals surface area (Å²) in [6.45, 7) is 2.09. The first-order chi connectivity index (χ1) is 19.3. The second-order valence-corrected chi connectivity index (χ2v) is 11.4. The van der Waals surface area contributed by atoms with Gasteiger partial charge in [0.1, 0.15) is 11.6 Å². The maximum Gasteiger partial charge on any atom is 0.418 e. The lowest BCUT2D eigenvalue weighted by molar-refractivity contribution is -0.271. The number of carbonyl (C=O) groups excluding carboxylic acids is 1. The van der Waals surface area contributed by atoms with Gasteiger partial charge < -0.3 is 14.4 Å². The molecule has 2 heterocycles. The number of Topliss-reactive ketones (excluding diaryl/α,β-unsaturated/α-hetero) is 1. The smallest absolute Gasteiger partial charge is 0.418 e. The molecule has 0 amide bonds. The quantitative estimate of drug-likeness (QED) is 0.175. The van der Waals surface area contributed by atoms with E-state index in [0.29, 0.717) is 27.0 Å². The largest absolute Gasteiger partial charge is 0.496 e. The minimum atomic E-state index is -5.08. The summed E-state index contributed by atoms with van der Waals surface area (Å²) in [6, 6.07) is 17.1. The Morgan fingerprint density at radius 1 is 1.05 bits per heavy atom. The van der Waals surface area contributed by atoms with Gasteiger partial charge in [-0.1, -0.05) is 44.2 Å². The zero-order valence-electron chi connectivity index (χ0n) is 22.6. The molecule has 5 rings (SSSR count). The number of hydrogen-bond acceptors (Lipinski definition) is 5. The Kier molecular flexibility index (Phi) is 7.28. The molecule has 1 N–H and O–H groups in total. The average Bonchev–Trinajstić information content (AvgIpc) is 3.18. The number of ether oxygens (including phenoxy) is 1. The normalized spacial score (nSPS) is 15.4. The number of aliphatic hydroxyl groups is 1. The van der Waals surface area contributed by atoms with Crippen LogP contribution in [0.4, 0.5) is 23.2 Å². The standard InChI is InChI=1S/C31H28F4N2O3S/c1-29(2,21-14-18(32)12-13-26(21)40-3)16-30(39,31(33,34)35)17-37-24-11-7-5-9-20(24)28(41)27(37)23-15-25(38)19-8-4-6-10-22(19)36-23/h4-14,39,41H,15-17H2,1-3H3. The number of para-hydroxylation sites is 2. The van der Waals surface area contributed by atoms with Crippen LogP contribution in [0.2, 0.25) is 0 Å². The predicted octanol–water partition coefficient (Wildman–Crippen LogP) is 7.45. The van der Waals surface area contributed by atoms with Gasteiger partial charge in [0.05, 0.1) is 37.2 Å². The summed E-state index contributed by atoms with van der Waals surface area (Å²) in [5, 5.41) is 12.1. The van der Waals surface area contributed by atoms with Gasteiger partial charge in [-0.05, 0) is 48.2 Å². The number of halogens is 4. The van der Waals surface area contributed by atoms with Crippen LogP contribution >= 0.6 is 12.6 Å². The van der Waals surface area contributed by atoms with Gasteiger partial charge in [-0.3, -0.25) is 4.79 Å². The first-order valence-corrected chi connectivity index (χ1v) is 13.3. The third-order valence-corrected chi connectivity index (χ3v) is 8.03. The number of nitrogens with zero attached hydrogens (tertiary/aromatic N) is 2. The van der Waals surface area contributed by atoms with Crippen molar-refractivity contribution in [3.63, 3.8) is 0 Å². The number of methoxy groups -OCH3 is 1. The molecule has 214 valence electrons. The monoisotopic (exact) mass is 584 g/mol. The lowest BCUT2D eigenvalue weighted by Crippen LogP contribution is -2.52. The Morgan fingerprint density at radius 2 is 1.73 bits per heavy atom. The van der Waals surface area contributed by atoms with Gasteiger partial charge in [0.25, 0.3) is 0 Å². The molecular formula is C31H28F4N2O3S. The van der Waals surface area contributed by atoms with E-state index in [1.165, 1.54) is 31.6 Å². The lowest BCUT2D eigenvalue weighted by Gasteiger charge is -2.39. The fourth-order valence-electron chi connectivity index (χ4n) is 5.66. The molecule has 1 aromatic heterocycles. The Balaban J connectivity index is 1.67. The molecule has 1 aliphatic rings. The molecule has 41 heavy (non-hydrogen) atoms. The van der Waals surface area contributed by atoms with E-state index >= 15 is 0 Å². The molecule has 3 aromatic carbocycles. The van der Waals surface area contributed by atoms with Crippen LogP contribution in [0, 0.1) is 5.82 Å². The highest BCUT2D eigenvalue weighted by Gasteiger charge is 2.57. The van der Waals surface area contributed by atoms with Crippen molar-refractivity contribution in [1.29, 1.82) is 0 Å². The molecule has 1 unspecified atom stereocenters. The van der Waals surface area contributed by atoms with E-state index in [4.69, 9.17) is 4.74 Å². The van der Waals surface area contributed by atoms with Crippen molar-refractivity contribution in [2.45, 2.75) is 55.3 Å². The van der Waals surface area contributed by atoms with E-state index in [1.807, 2.05) is 0 Å². The van der Waals surface area contributed by atoms with Gasteiger partial charge in [0.2, 0.25) is 0 Å². The minimum Gasteiger partial charge on any atom is -0.496 e. The van der Waals surface area contributed by atoms with Gasteiger partial charge in [0, 0.05) is 26.9 Å². The molecule has 1 aliphatic heterocycles. The summed E-state index contributed by atoms with van der Waals surface area (Å²) in [5.41, 5.74) is -2.75. The molecule has 0 saturated carbocycles. The van der Waals surface area contributed by atoms with Crippen LogP contribution < -0.4 is 4.74 Å². The van der Waals surface area contributed by atoms with Crippen LogP contribution in [-0.4, -0.2) is 40.1 Å². The summed E-state index contributed by atoms with van der Waals surface area (Å²) in [4.78, 5) is 18.0. The van der Waals surface area contributed by atoms with Crippen molar-refractivity contribution in [3.8, 4) is 5.75 Å². The maximum atomic E-state index is 14.9. The summed E-state index contributed by atoms with van der Waals surface area (Å²) >= 11 is 4.66. The summed E-state index contributed by atoms with van der Waals surface area (Å²) in [5.74, 6) is -0.650. The molecular weight excluding hydrogens is 556 g/mol. The van der Waals surface area contributed by atoms with Crippen molar-refractivity contribution < 1.29 is 32.2 Å². The number of thiol groups is 1. The van der Waals surface area contributed by atoms with Crippen molar-refractivity contribution >= 4 is 40.7 Å². The highest BCUT2D eigenvalue weighted by atomic mass is 32.1. The fraction of sp³-hybridized carbons (Fsp3) is 0.290. The van der Waals surface area contributed by atoms with Crippen LogP contribution in [0.25, 0.3) is 10.9 Å². The van der Waals surface area contributed by atoms with Gasteiger partial charge in [-0.25, -0.2) is 9.38 Å².